The van der Waals surface area contributed by atoms with Gasteiger partial charge in [-0.1, -0.05) is 23.2 Å². The maximum absolute atomic E-state index is 12.5. The summed E-state index contributed by atoms with van der Waals surface area (Å²) >= 11 is 11.8. The Bertz CT molecular complexity index is 718. The van der Waals surface area contributed by atoms with Crippen molar-refractivity contribution in [2.24, 2.45) is 0 Å². The number of sulfone groups is 1. The highest BCUT2D eigenvalue weighted by Crippen LogP contribution is 2.33. The van der Waals surface area contributed by atoms with E-state index in [9.17, 15) is 13.2 Å². The monoisotopic (exact) mass is 377 g/mol. The Morgan fingerprint density at radius 2 is 1.96 bits per heavy atom. The quantitative estimate of drug-likeness (QED) is 0.790. The Morgan fingerprint density at radius 1 is 1.22 bits per heavy atom. The molecule has 1 amide bonds. The number of hydrogen-bond acceptors (Lipinski definition) is 4. The van der Waals surface area contributed by atoms with Gasteiger partial charge in [0.15, 0.2) is 16.4 Å². The van der Waals surface area contributed by atoms with Crippen LogP contribution < -0.4 is 4.74 Å². The number of ether oxygens (including phenoxy) is 1. The zero-order valence-electron chi connectivity index (χ0n) is 12.4. The SMILES string of the molecule is O=C(COc1ccc(Cl)cc1Cl)N(C1CC1)[C@H]1CCS(=O)(=O)C1. The third kappa shape index (κ3) is 4.11. The number of amides is 1. The molecule has 2 fully saturated rings. The summed E-state index contributed by atoms with van der Waals surface area (Å²) in [5.74, 6) is 0.398. The summed E-state index contributed by atoms with van der Waals surface area (Å²) < 4.78 is 28.8. The molecule has 1 heterocycles. The molecule has 5 nitrogen and oxygen atoms in total. The molecule has 126 valence electrons. The number of nitrogens with zero attached hydrogens (tertiary/aromatic N) is 1. The van der Waals surface area contributed by atoms with Gasteiger partial charge in [0.1, 0.15) is 5.75 Å². The van der Waals surface area contributed by atoms with E-state index in [-0.39, 0.29) is 36.1 Å². The van der Waals surface area contributed by atoms with Crippen LogP contribution in [-0.2, 0) is 14.6 Å². The van der Waals surface area contributed by atoms with Crippen molar-refractivity contribution in [1.82, 2.24) is 4.90 Å². The van der Waals surface area contributed by atoms with E-state index in [0.29, 0.717) is 22.2 Å². The van der Waals surface area contributed by atoms with Gasteiger partial charge in [0, 0.05) is 17.1 Å². The van der Waals surface area contributed by atoms with E-state index in [1.807, 2.05) is 0 Å². The number of rotatable bonds is 5. The average Bonchev–Trinajstić information content (AvgIpc) is 3.22. The van der Waals surface area contributed by atoms with Crippen molar-refractivity contribution in [2.75, 3.05) is 18.1 Å². The molecule has 1 saturated heterocycles. The summed E-state index contributed by atoms with van der Waals surface area (Å²) in [5.41, 5.74) is 0. The Hall–Kier alpha value is -0.980. The topological polar surface area (TPSA) is 63.7 Å². The second-order valence-electron chi connectivity index (χ2n) is 5.95. The third-order valence-corrected chi connectivity index (χ3v) is 6.36. The molecule has 1 atom stereocenters. The highest BCUT2D eigenvalue weighted by molar-refractivity contribution is 7.91. The first kappa shape index (κ1) is 16.9. The van der Waals surface area contributed by atoms with Crippen LogP contribution in [0, 0.1) is 0 Å². The first-order valence-corrected chi connectivity index (χ1v) is 10.0. The molecule has 0 unspecified atom stereocenters. The van der Waals surface area contributed by atoms with Gasteiger partial charge in [0.2, 0.25) is 0 Å². The molecule has 2 aliphatic rings. The summed E-state index contributed by atoms with van der Waals surface area (Å²) in [5, 5.41) is 0.830. The van der Waals surface area contributed by atoms with Crippen LogP contribution in [-0.4, -0.2) is 49.4 Å². The zero-order chi connectivity index (χ0) is 16.6. The van der Waals surface area contributed by atoms with Crippen LogP contribution >= 0.6 is 23.2 Å². The number of carbonyl (C=O) groups is 1. The second-order valence-corrected chi connectivity index (χ2v) is 9.02. The summed E-state index contributed by atoms with van der Waals surface area (Å²) in [6.07, 6.45) is 2.35. The Labute approximate surface area is 145 Å². The van der Waals surface area contributed by atoms with Crippen LogP contribution in [0.2, 0.25) is 10.0 Å². The Morgan fingerprint density at radius 3 is 2.52 bits per heavy atom. The lowest BCUT2D eigenvalue weighted by molar-refractivity contribution is -0.135. The molecule has 0 bridgehead atoms. The lowest BCUT2D eigenvalue weighted by Gasteiger charge is -2.28. The lowest BCUT2D eigenvalue weighted by atomic mass is 10.2. The van der Waals surface area contributed by atoms with Crippen molar-refractivity contribution in [1.29, 1.82) is 0 Å². The van der Waals surface area contributed by atoms with Crippen molar-refractivity contribution in [3.8, 4) is 5.75 Å². The standard InChI is InChI=1S/C15H17Cl2NO4S/c16-10-1-4-14(13(17)7-10)22-8-15(19)18(11-2-3-11)12-5-6-23(20,21)9-12/h1,4,7,11-12H,2-3,5-6,8-9H2/t12-/m0/s1. The van der Waals surface area contributed by atoms with E-state index in [0.717, 1.165) is 12.8 Å². The number of hydrogen-bond donors (Lipinski definition) is 0. The van der Waals surface area contributed by atoms with E-state index in [2.05, 4.69) is 0 Å². The van der Waals surface area contributed by atoms with Crippen LogP contribution in [0.5, 0.6) is 5.75 Å². The van der Waals surface area contributed by atoms with E-state index in [4.69, 9.17) is 27.9 Å². The fourth-order valence-corrected chi connectivity index (χ4v) is 5.03. The molecule has 0 N–H and O–H groups in total. The fourth-order valence-electron chi connectivity index (χ4n) is 2.86. The van der Waals surface area contributed by atoms with Gasteiger partial charge in [0.05, 0.1) is 16.5 Å². The van der Waals surface area contributed by atoms with Gasteiger partial charge < -0.3 is 9.64 Å². The zero-order valence-corrected chi connectivity index (χ0v) is 14.7. The molecule has 23 heavy (non-hydrogen) atoms. The largest absolute Gasteiger partial charge is 0.482 e. The van der Waals surface area contributed by atoms with Crippen LogP contribution in [0.4, 0.5) is 0 Å². The minimum absolute atomic E-state index is 0.0525. The molecule has 1 aliphatic heterocycles. The molecule has 8 heteroatoms. The molecule has 1 aliphatic carbocycles. The van der Waals surface area contributed by atoms with Gasteiger partial charge in [-0.25, -0.2) is 8.42 Å². The molecule has 0 radical (unpaired) electrons. The van der Waals surface area contributed by atoms with E-state index in [1.165, 1.54) is 0 Å². The van der Waals surface area contributed by atoms with Crippen LogP contribution in [0.1, 0.15) is 19.3 Å². The molecular weight excluding hydrogens is 361 g/mol. The Balaban J connectivity index is 1.65. The summed E-state index contributed by atoms with van der Waals surface area (Å²) in [4.78, 5) is 14.2. The normalized spacial score (nSPS) is 22.8. The van der Waals surface area contributed by atoms with Gasteiger partial charge in [-0.2, -0.15) is 0 Å². The van der Waals surface area contributed by atoms with Gasteiger partial charge >= 0.3 is 0 Å². The first-order valence-electron chi connectivity index (χ1n) is 7.45. The molecule has 1 aromatic carbocycles. The highest BCUT2D eigenvalue weighted by Gasteiger charge is 2.42. The number of halogens is 2. The number of carbonyl (C=O) groups excluding carboxylic acids is 1. The highest BCUT2D eigenvalue weighted by atomic mass is 35.5. The third-order valence-electron chi connectivity index (χ3n) is 4.08. The molecule has 0 spiro atoms. The average molecular weight is 378 g/mol. The smallest absolute Gasteiger partial charge is 0.261 e. The van der Waals surface area contributed by atoms with E-state index < -0.39 is 9.84 Å². The maximum atomic E-state index is 12.5. The van der Waals surface area contributed by atoms with Crippen molar-refractivity contribution in [3.05, 3.63) is 28.2 Å². The van der Waals surface area contributed by atoms with Crippen LogP contribution in [0.15, 0.2) is 18.2 Å². The summed E-state index contributed by atoms with van der Waals surface area (Å²) in [7, 11) is -3.03. The first-order chi connectivity index (χ1) is 10.9. The van der Waals surface area contributed by atoms with Crippen molar-refractivity contribution in [2.45, 2.75) is 31.3 Å². The van der Waals surface area contributed by atoms with Gasteiger partial charge in [-0.15, -0.1) is 0 Å². The molecule has 3 rings (SSSR count). The summed E-state index contributed by atoms with van der Waals surface area (Å²) in [6.45, 7) is -0.158. The van der Waals surface area contributed by atoms with Gasteiger partial charge in [0.25, 0.3) is 5.91 Å². The van der Waals surface area contributed by atoms with Crippen molar-refractivity contribution >= 4 is 38.9 Å². The number of benzene rings is 1. The predicted octanol–water partition coefficient (Wildman–Crippen LogP) is 2.55. The fraction of sp³-hybridized carbons (Fsp3) is 0.533. The minimum Gasteiger partial charge on any atom is -0.482 e. The van der Waals surface area contributed by atoms with Crippen molar-refractivity contribution < 1.29 is 17.9 Å². The predicted molar refractivity (Wildman–Crippen MR) is 88.9 cm³/mol. The molecular formula is C15H17Cl2NO4S. The maximum Gasteiger partial charge on any atom is 0.261 e. The van der Waals surface area contributed by atoms with Gasteiger partial charge in [-0.3, -0.25) is 4.79 Å². The second kappa shape index (κ2) is 6.49. The molecule has 1 saturated carbocycles. The van der Waals surface area contributed by atoms with E-state index >= 15 is 0 Å². The van der Waals surface area contributed by atoms with Crippen molar-refractivity contribution in [3.63, 3.8) is 0 Å². The summed E-state index contributed by atoms with van der Waals surface area (Å²) in [6, 6.07) is 4.70. The van der Waals surface area contributed by atoms with Crippen LogP contribution in [0.3, 0.4) is 0 Å². The minimum atomic E-state index is -3.03. The molecule has 0 aromatic heterocycles. The van der Waals surface area contributed by atoms with E-state index in [1.54, 1.807) is 23.1 Å². The van der Waals surface area contributed by atoms with Crippen LogP contribution in [0.25, 0.3) is 0 Å². The Kier molecular flexibility index (Phi) is 4.76. The molecule has 1 aromatic rings. The van der Waals surface area contributed by atoms with Gasteiger partial charge in [-0.05, 0) is 37.5 Å². The lowest BCUT2D eigenvalue weighted by Crippen LogP contribution is -2.45.